The highest BCUT2D eigenvalue weighted by Gasteiger charge is 2.19. The molecule has 2 heterocycles. The van der Waals surface area contributed by atoms with Crippen molar-refractivity contribution in [2.24, 2.45) is 10.9 Å². The number of hydrogen-bond acceptors (Lipinski definition) is 4. The maximum absolute atomic E-state index is 5.62. The second kappa shape index (κ2) is 8.85. The van der Waals surface area contributed by atoms with Crippen LogP contribution in [0.2, 0.25) is 0 Å². The number of hydrogen-bond donors (Lipinski definition) is 1. The van der Waals surface area contributed by atoms with Crippen molar-refractivity contribution >= 4 is 5.96 Å². The minimum Gasteiger partial charge on any atom is -0.444 e. The minimum absolute atomic E-state index is 0.489. The molecule has 1 aliphatic heterocycles. The molecule has 0 spiro atoms. The lowest BCUT2D eigenvalue weighted by molar-refractivity contribution is 0.181. The highest BCUT2D eigenvalue weighted by atomic mass is 16.5. The largest absolute Gasteiger partial charge is 0.444 e. The van der Waals surface area contributed by atoms with Crippen molar-refractivity contribution in [1.29, 1.82) is 0 Å². The van der Waals surface area contributed by atoms with E-state index < -0.39 is 0 Å². The molecule has 140 valence electrons. The molecular weight excluding hydrogens is 328 g/mol. The molecule has 1 aromatic heterocycles. The minimum atomic E-state index is 0.489. The summed E-state index contributed by atoms with van der Waals surface area (Å²) in [5, 5.41) is 3.35. The van der Waals surface area contributed by atoms with Crippen molar-refractivity contribution in [2.75, 3.05) is 33.4 Å². The second-order valence-corrected chi connectivity index (χ2v) is 6.79. The molecule has 3 rings (SSSR count). The van der Waals surface area contributed by atoms with E-state index in [1.807, 2.05) is 12.1 Å². The van der Waals surface area contributed by atoms with Gasteiger partial charge in [-0.05, 0) is 32.4 Å². The maximum atomic E-state index is 5.62. The molecule has 0 saturated carbocycles. The van der Waals surface area contributed by atoms with Crippen LogP contribution in [0.5, 0.6) is 0 Å². The monoisotopic (exact) mass is 356 g/mol. The molecule has 2 aromatic rings. The zero-order chi connectivity index (χ0) is 18.4. The Morgan fingerprint density at radius 2 is 2.15 bits per heavy atom. The van der Waals surface area contributed by atoms with Crippen LogP contribution in [0.4, 0.5) is 0 Å². The summed E-state index contributed by atoms with van der Waals surface area (Å²) in [5.41, 5.74) is 3.03. The van der Waals surface area contributed by atoms with Crippen LogP contribution in [-0.4, -0.2) is 49.2 Å². The molecule has 1 aliphatic rings. The Balaban J connectivity index is 1.64. The summed E-state index contributed by atoms with van der Waals surface area (Å²) < 4.78 is 11.1. The van der Waals surface area contributed by atoms with Crippen molar-refractivity contribution in [2.45, 2.75) is 26.8 Å². The number of nitrogens with zero attached hydrogens (tertiary/aromatic N) is 3. The van der Waals surface area contributed by atoms with E-state index in [0.29, 0.717) is 18.4 Å². The number of guanidine groups is 1. The molecule has 0 radical (unpaired) electrons. The van der Waals surface area contributed by atoms with Gasteiger partial charge in [-0.25, -0.2) is 9.98 Å². The number of aliphatic imine (C=N–C) groups is 1. The summed E-state index contributed by atoms with van der Waals surface area (Å²) in [7, 11) is 2.07. The molecular formula is C20H28N4O2. The summed E-state index contributed by atoms with van der Waals surface area (Å²) in [6.45, 7) is 8.11. The Bertz CT molecular complexity index is 718. The highest BCUT2D eigenvalue weighted by Crippen LogP contribution is 2.19. The molecule has 1 aromatic carbocycles. The topological polar surface area (TPSA) is 62.9 Å². The number of rotatable bonds is 6. The molecule has 6 heteroatoms. The van der Waals surface area contributed by atoms with Crippen LogP contribution in [0.25, 0.3) is 11.5 Å². The lowest BCUT2D eigenvalue weighted by Crippen LogP contribution is -2.41. The summed E-state index contributed by atoms with van der Waals surface area (Å²) in [6.07, 6.45) is 2.81. The van der Waals surface area contributed by atoms with Crippen LogP contribution in [0.3, 0.4) is 0 Å². The van der Waals surface area contributed by atoms with Gasteiger partial charge in [0.2, 0.25) is 5.89 Å². The van der Waals surface area contributed by atoms with Gasteiger partial charge in [-0.3, -0.25) is 0 Å². The fraction of sp³-hybridized carbons (Fsp3) is 0.500. The van der Waals surface area contributed by atoms with Crippen LogP contribution in [0.15, 0.2) is 39.9 Å². The molecule has 0 bridgehead atoms. The fourth-order valence-electron chi connectivity index (χ4n) is 3.03. The molecule has 6 nitrogen and oxygen atoms in total. The third kappa shape index (κ3) is 4.85. The first-order valence-electron chi connectivity index (χ1n) is 9.24. The highest BCUT2D eigenvalue weighted by molar-refractivity contribution is 5.79. The first kappa shape index (κ1) is 18.5. The van der Waals surface area contributed by atoms with Crippen LogP contribution >= 0.6 is 0 Å². The van der Waals surface area contributed by atoms with Gasteiger partial charge < -0.3 is 19.4 Å². The standard InChI is InChI=1S/C20H28N4O2/c1-4-21-20(24(3)12-16-9-10-25-13-16)22-11-18-14-26-19(23-18)17-7-5-15(2)6-8-17/h5-8,14,16H,4,9-13H2,1-3H3,(H,21,22). The van der Waals surface area contributed by atoms with Gasteiger partial charge in [0.1, 0.15) is 12.0 Å². The Kier molecular flexibility index (Phi) is 6.28. The third-order valence-corrected chi connectivity index (χ3v) is 4.49. The smallest absolute Gasteiger partial charge is 0.226 e. The van der Waals surface area contributed by atoms with E-state index in [0.717, 1.165) is 49.9 Å². The normalized spacial score (nSPS) is 17.5. The molecule has 0 aliphatic carbocycles. The Morgan fingerprint density at radius 1 is 1.35 bits per heavy atom. The van der Waals surface area contributed by atoms with Crippen molar-refractivity contribution in [3.05, 3.63) is 41.8 Å². The summed E-state index contributed by atoms with van der Waals surface area (Å²) >= 11 is 0. The number of aryl methyl sites for hydroxylation is 1. The lowest BCUT2D eigenvalue weighted by atomic mass is 10.1. The van der Waals surface area contributed by atoms with Gasteiger partial charge >= 0.3 is 0 Å². The number of aromatic nitrogens is 1. The average molecular weight is 356 g/mol. The average Bonchev–Trinajstić information content (AvgIpc) is 3.31. The van der Waals surface area contributed by atoms with Gasteiger partial charge in [0, 0.05) is 38.2 Å². The third-order valence-electron chi connectivity index (χ3n) is 4.49. The number of nitrogens with one attached hydrogen (secondary N) is 1. The first-order chi connectivity index (χ1) is 12.7. The predicted octanol–water partition coefficient (Wildman–Crippen LogP) is 3.08. The van der Waals surface area contributed by atoms with Crippen molar-refractivity contribution in [3.63, 3.8) is 0 Å². The van der Waals surface area contributed by atoms with E-state index in [4.69, 9.17) is 14.1 Å². The Morgan fingerprint density at radius 3 is 2.85 bits per heavy atom. The molecule has 1 fully saturated rings. The van der Waals surface area contributed by atoms with E-state index in [9.17, 15) is 0 Å². The number of oxazole rings is 1. The predicted molar refractivity (Wildman–Crippen MR) is 103 cm³/mol. The van der Waals surface area contributed by atoms with E-state index >= 15 is 0 Å². The fourth-order valence-corrected chi connectivity index (χ4v) is 3.03. The van der Waals surface area contributed by atoms with E-state index in [2.05, 4.69) is 48.2 Å². The molecule has 1 unspecified atom stereocenters. The van der Waals surface area contributed by atoms with Crippen LogP contribution in [0, 0.1) is 12.8 Å². The maximum Gasteiger partial charge on any atom is 0.226 e. The van der Waals surface area contributed by atoms with E-state index in [-0.39, 0.29) is 0 Å². The molecule has 1 saturated heterocycles. The van der Waals surface area contributed by atoms with E-state index in [1.54, 1.807) is 6.26 Å². The zero-order valence-corrected chi connectivity index (χ0v) is 15.9. The van der Waals surface area contributed by atoms with Gasteiger partial charge in [-0.1, -0.05) is 17.7 Å². The summed E-state index contributed by atoms with van der Waals surface area (Å²) in [4.78, 5) is 11.5. The van der Waals surface area contributed by atoms with Gasteiger partial charge in [0.15, 0.2) is 5.96 Å². The van der Waals surface area contributed by atoms with Crippen molar-refractivity contribution in [3.8, 4) is 11.5 Å². The van der Waals surface area contributed by atoms with Gasteiger partial charge in [0.25, 0.3) is 0 Å². The molecule has 1 N–H and O–H groups in total. The number of benzene rings is 1. The SMILES string of the molecule is CCNC(=NCc1coc(-c2ccc(C)cc2)n1)N(C)CC1CCOC1. The quantitative estimate of drug-likeness (QED) is 0.637. The van der Waals surface area contributed by atoms with Crippen molar-refractivity contribution < 1.29 is 9.15 Å². The Hall–Kier alpha value is -2.34. The summed E-state index contributed by atoms with van der Waals surface area (Å²) in [5.74, 6) is 2.10. The van der Waals surface area contributed by atoms with Gasteiger partial charge in [-0.15, -0.1) is 0 Å². The lowest BCUT2D eigenvalue weighted by Gasteiger charge is -2.24. The van der Waals surface area contributed by atoms with Gasteiger partial charge in [0.05, 0.1) is 13.2 Å². The first-order valence-corrected chi connectivity index (χ1v) is 9.24. The number of ether oxygens (including phenoxy) is 1. The molecule has 0 amide bonds. The van der Waals surface area contributed by atoms with Crippen LogP contribution in [-0.2, 0) is 11.3 Å². The van der Waals surface area contributed by atoms with Crippen LogP contribution in [0.1, 0.15) is 24.6 Å². The Labute approximate surface area is 155 Å². The van der Waals surface area contributed by atoms with Crippen LogP contribution < -0.4 is 5.32 Å². The van der Waals surface area contributed by atoms with Crippen molar-refractivity contribution in [1.82, 2.24) is 15.2 Å². The summed E-state index contributed by atoms with van der Waals surface area (Å²) in [6, 6.07) is 8.16. The second-order valence-electron chi connectivity index (χ2n) is 6.79. The molecule has 26 heavy (non-hydrogen) atoms. The van der Waals surface area contributed by atoms with Gasteiger partial charge in [-0.2, -0.15) is 0 Å². The molecule has 1 atom stereocenters. The van der Waals surface area contributed by atoms with E-state index in [1.165, 1.54) is 5.56 Å². The zero-order valence-electron chi connectivity index (χ0n) is 15.9.